The van der Waals surface area contributed by atoms with Crippen LogP contribution < -0.4 is 10.2 Å². The van der Waals surface area contributed by atoms with Crippen molar-refractivity contribution in [2.45, 2.75) is 19.4 Å². The maximum absolute atomic E-state index is 14.2. The Labute approximate surface area is 121 Å². The maximum Gasteiger partial charge on any atom is 0.146 e. The number of likely N-dealkylation sites (tertiary alicyclic amines) is 1. The first-order chi connectivity index (χ1) is 9.60. The summed E-state index contributed by atoms with van der Waals surface area (Å²) in [5, 5.41) is 3.04. The van der Waals surface area contributed by atoms with Crippen LogP contribution in [0.1, 0.15) is 18.4 Å². The summed E-state index contributed by atoms with van der Waals surface area (Å²) < 4.78 is 14.2. The van der Waals surface area contributed by atoms with Gasteiger partial charge >= 0.3 is 0 Å². The number of hydrogen-bond donors (Lipinski definition) is 1. The Balaban J connectivity index is 1.96. The second kappa shape index (κ2) is 7.04. The zero-order valence-corrected chi connectivity index (χ0v) is 12.8. The number of nitrogens with one attached hydrogen (secondary N) is 1. The fourth-order valence-electron chi connectivity index (χ4n) is 2.90. The molecule has 1 aliphatic heterocycles. The van der Waals surface area contributed by atoms with Crippen molar-refractivity contribution in [3.05, 3.63) is 29.6 Å². The Kier molecular flexibility index (Phi) is 5.38. The summed E-state index contributed by atoms with van der Waals surface area (Å²) in [5.74, 6) is 0.556. The molecule has 1 saturated heterocycles. The molecule has 3 nitrogen and oxygen atoms in total. The fraction of sp³-hybridized carbons (Fsp3) is 0.625. The number of rotatable bonds is 5. The minimum absolute atomic E-state index is 0.117. The van der Waals surface area contributed by atoms with Gasteiger partial charge in [0.05, 0.1) is 5.69 Å². The van der Waals surface area contributed by atoms with Crippen LogP contribution in [0.3, 0.4) is 0 Å². The number of anilines is 1. The molecule has 1 aromatic rings. The minimum atomic E-state index is -0.117. The lowest BCUT2D eigenvalue weighted by molar-refractivity contribution is 0.222. The van der Waals surface area contributed by atoms with Crippen molar-refractivity contribution in [2.24, 2.45) is 5.92 Å². The highest BCUT2D eigenvalue weighted by Gasteiger charge is 2.19. The second-order valence-electron chi connectivity index (χ2n) is 5.94. The third-order valence-electron chi connectivity index (χ3n) is 4.17. The van der Waals surface area contributed by atoms with Crippen LogP contribution in [0, 0.1) is 11.7 Å². The number of piperidine rings is 1. The van der Waals surface area contributed by atoms with E-state index in [1.165, 1.54) is 12.8 Å². The highest BCUT2D eigenvalue weighted by molar-refractivity contribution is 5.48. The lowest BCUT2D eigenvalue weighted by Crippen LogP contribution is -2.36. The summed E-state index contributed by atoms with van der Waals surface area (Å²) in [7, 11) is 6.03. The summed E-state index contributed by atoms with van der Waals surface area (Å²) >= 11 is 0. The van der Waals surface area contributed by atoms with E-state index in [4.69, 9.17) is 0 Å². The zero-order chi connectivity index (χ0) is 14.5. The molecule has 0 atom stereocenters. The molecule has 1 aromatic carbocycles. The SMILES string of the molecule is CNCc1ccc(N(C)CC2CCN(C)CC2)c(F)c1. The third kappa shape index (κ3) is 3.93. The molecule has 0 aliphatic carbocycles. The molecular formula is C16H26FN3. The molecule has 1 N–H and O–H groups in total. The molecular weight excluding hydrogens is 253 g/mol. The smallest absolute Gasteiger partial charge is 0.146 e. The van der Waals surface area contributed by atoms with E-state index in [2.05, 4.69) is 22.2 Å². The van der Waals surface area contributed by atoms with Crippen molar-refractivity contribution in [1.82, 2.24) is 10.2 Å². The Morgan fingerprint density at radius 2 is 2.05 bits per heavy atom. The van der Waals surface area contributed by atoms with Gasteiger partial charge in [0.1, 0.15) is 5.82 Å². The molecule has 0 aromatic heterocycles. The van der Waals surface area contributed by atoms with Crippen molar-refractivity contribution in [3.63, 3.8) is 0 Å². The van der Waals surface area contributed by atoms with Crippen molar-refractivity contribution in [2.75, 3.05) is 45.7 Å². The fourth-order valence-corrected chi connectivity index (χ4v) is 2.90. The average Bonchev–Trinajstić information content (AvgIpc) is 2.42. The molecule has 4 heteroatoms. The van der Waals surface area contributed by atoms with Crippen LogP contribution >= 0.6 is 0 Å². The number of benzene rings is 1. The molecule has 112 valence electrons. The highest BCUT2D eigenvalue weighted by Crippen LogP contribution is 2.23. The Morgan fingerprint density at radius 1 is 1.35 bits per heavy atom. The van der Waals surface area contributed by atoms with Gasteiger partial charge in [0.25, 0.3) is 0 Å². The van der Waals surface area contributed by atoms with E-state index >= 15 is 0 Å². The summed E-state index contributed by atoms with van der Waals surface area (Å²) in [5.41, 5.74) is 1.70. The normalized spacial score (nSPS) is 17.4. The Hall–Kier alpha value is -1.13. The molecule has 0 radical (unpaired) electrons. The molecule has 1 aliphatic rings. The van der Waals surface area contributed by atoms with Crippen LogP contribution in [-0.4, -0.2) is 45.7 Å². The average molecular weight is 279 g/mol. The van der Waals surface area contributed by atoms with E-state index in [1.807, 2.05) is 26.2 Å². The quantitative estimate of drug-likeness (QED) is 0.892. The molecule has 2 rings (SSSR count). The van der Waals surface area contributed by atoms with Crippen LogP contribution in [0.2, 0.25) is 0 Å². The van der Waals surface area contributed by atoms with Crippen molar-refractivity contribution >= 4 is 5.69 Å². The summed E-state index contributed by atoms with van der Waals surface area (Å²) in [6.45, 7) is 3.95. The van der Waals surface area contributed by atoms with Gasteiger partial charge in [-0.1, -0.05) is 6.07 Å². The van der Waals surface area contributed by atoms with Gasteiger partial charge in [0.2, 0.25) is 0 Å². The minimum Gasteiger partial charge on any atom is -0.372 e. The monoisotopic (exact) mass is 279 g/mol. The first-order valence-corrected chi connectivity index (χ1v) is 7.43. The molecule has 0 unspecified atom stereocenters. The molecule has 20 heavy (non-hydrogen) atoms. The summed E-state index contributed by atoms with van der Waals surface area (Å²) in [4.78, 5) is 4.43. The predicted octanol–water partition coefficient (Wildman–Crippen LogP) is 2.32. The second-order valence-corrected chi connectivity index (χ2v) is 5.94. The van der Waals surface area contributed by atoms with Crippen molar-refractivity contribution in [3.8, 4) is 0 Å². The number of hydrogen-bond acceptors (Lipinski definition) is 3. The summed E-state index contributed by atoms with van der Waals surface area (Å²) in [6.07, 6.45) is 2.42. The first-order valence-electron chi connectivity index (χ1n) is 7.43. The van der Waals surface area contributed by atoms with E-state index in [0.29, 0.717) is 18.2 Å². The number of nitrogens with zero attached hydrogens (tertiary/aromatic N) is 2. The van der Waals surface area contributed by atoms with Crippen LogP contribution in [0.5, 0.6) is 0 Å². The van der Waals surface area contributed by atoms with Crippen LogP contribution in [0.4, 0.5) is 10.1 Å². The highest BCUT2D eigenvalue weighted by atomic mass is 19.1. The van der Waals surface area contributed by atoms with Gasteiger partial charge in [-0.3, -0.25) is 0 Å². The van der Waals surface area contributed by atoms with E-state index in [0.717, 1.165) is 25.2 Å². The molecule has 1 fully saturated rings. The van der Waals surface area contributed by atoms with Gasteiger partial charge in [0, 0.05) is 20.1 Å². The summed E-state index contributed by atoms with van der Waals surface area (Å²) in [6, 6.07) is 5.54. The van der Waals surface area contributed by atoms with Crippen LogP contribution in [-0.2, 0) is 6.54 Å². The van der Waals surface area contributed by atoms with Gasteiger partial charge in [-0.25, -0.2) is 4.39 Å². The topological polar surface area (TPSA) is 18.5 Å². The zero-order valence-electron chi connectivity index (χ0n) is 12.8. The van der Waals surface area contributed by atoms with Gasteiger partial charge in [-0.05, 0) is 63.6 Å². The van der Waals surface area contributed by atoms with E-state index in [1.54, 1.807) is 6.07 Å². The Morgan fingerprint density at radius 3 is 2.65 bits per heavy atom. The standard InChI is InChI=1S/C16H26FN3/c1-18-11-14-4-5-16(15(17)10-14)20(3)12-13-6-8-19(2)9-7-13/h4-5,10,13,18H,6-9,11-12H2,1-3H3. The van der Waals surface area contributed by atoms with Gasteiger partial charge in [-0.2, -0.15) is 0 Å². The predicted molar refractivity (Wildman–Crippen MR) is 82.7 cm³/mol. The molecule has 0 spiro atoms. The largest absolute Gasteiger partial charge is 0.372 e. The van der Waals surface area contributed by atoms with E-state index in [9.17, 15) is 4.39 Å². The molecule has 1 heterocycles. The maximum atomic E-state index is 14.2. The lowest BCUT2D eigenvalue weighted by atomic mass is 9.96. The third-order valence-corrected chi connectivity index (χ3v) is 4.17. The van der Waals surface area contributed by atoms with Crippen LogP contribution in [0.15, 0.2) is 18.2 Å². The first kappa shape index (κ1) is 15.3. The van der Waals surface area contributed by atoms with Gasteiger partial charge in [-0.15, -0.1) is 0 Å². The van der Waals surface area contributed by atoms with Crippen molar-refractivity contribution in [1.29, 1.82) is 0 Å². The molecule has 0 amide bonds. The lowest BCUT2D eigenvalue weighted by Gasteiger charge is -2.32. The Bertz CT molecular complexity index is 428. The van der Waals surface area contributed by atoms with Gasteiger partial charge < -0.3 is 15.1 Å². The van der Waals surface area contributed by atoms with E-state index in [-0.39, 0.29) is 5.82 Å². The van der Waals surface area contributed by atoms with E-state index < -0.39 is 0 Å². The molecule has 0 saturated carbocycles. The van der Waals surface area contributed by atoms with Gasteiger partial charge in [0.15, 0.2) is 0 Å². The number of halogens is 1. The van der Waals surface area contributed by atoms with Crippen molar-refractivity contribution < 1.29 is 4.39 Å². The molecule has 0 bridgehead atoms. The van der Waals surface area contributed by atoms with Crippen LogP contribution in [0.25, 0.3) is 0 Å².